The Morgan fingerprint density at radius 2 is 1.88 bits per heavy atom. The summed E-state index contributed by atoms with van der Waals surface area (Å²) in [6.45, 7) is 4.37. The molecule has 26 heavy (non-hydrogen) atoms. The van der Waals surface area contributed by atoms with E-state index in [2.05, 4.69) is 16.6 Å². The molecule has 0 aliphatic rings. The molecule has 0 fully saturated rings. The lowest BCUT2D eigenvalue weighted by Crippen LogP contribution is -2.25. The van der Waals surface area contributed by atoms with Gasteiger partial charge in [-0.2, -0.15) is 0 Å². The Bertz CT molecular complexity index is 837. The van der Waals surface area contributed by atoms with Gasteiger partial charge >= 0.3 is 0 Å². The lowest BCUT2D eigenvalue weighted by molar-refractivity contribution is -0.116. The van der Waals surface area contributed by atoms with E-state index < -0.39 is 0 Å². The molecule has 0 aliphatic carbocycles. The van der Waals surface area contributed by atoms with Gasteiger partial charge in [0.25, 0.3) is 5.91 Å². The molecule has 0 heterocycles. The fourth-order valence-corrected chi connectivity index (χ4v) is 2.36. The minimum absolute atomic E-state index is 0.130. The quantitative estimate of drug-likeness (QED) is 0.754. The fourth-order valence-electron chi connectivity index (χ4n) is 2.36. The number of hydrogen-bond donors (Lipinski definition) is 2. The summed E-state index contributed by atoms with van der Waals surface area (Å²) >= 11 is 0. The van der Waals surface area contributed by atoms with Crippen LogP contribution in [-0.4, -0.2) is 25.0 Å². The number of para-hydroxylation sites is 1. The van der Waals surface area contributed by atoms with Crippen LogP contribution in [0.5, 0.6) is 5.75 Å². The Labute approximate surface area is 153 Å². The summed E-state index contributed by atoms with van der Waals surface area (Å²) in [7, 11) is 0. The van der Waals surface area contributed by atoms with E-state index in [4.69, 9.17) is 11.2 Å². The lowest BCUT2D eigenvalue weighted by Gasteiger charge is -2.12. The zero-order chi connectivity index (χ0) is 18.9. The summed E-state index contributed by atoms with van der Waals surface area (Å²) in [5.74, 6) is 2.56. The van der Waals surface area contributed by atoms with E-state index in [0.717, 1.165) is 16.9 Å². The fraction of sp³-hybridized carbons (Fsp3) is 0.238. The molecule has 0 radical (unpaired) electrons. The molecule has 0 atom stereocenters. The molecule has 0 saturated heterocycles. The molecule has 0 spiro atoms. The number of carbonyl (C=O) groups is 2. The predicted octanol–water partition coefficient (Wildman–Crippen LogP) is 3.07. The van der Waals surface area contributed by atoms with E-state index in [1.54, 1.807) is 24.3 Å². The Hall–Kier alpha value is -3.26. The Kier molecular flexibility index (Phi) is 6.81. The minimum atomic E-state index is -0.328. The van der Waals surface area contributed by atoms with E-state index in [9.17, 15) is 9.59 Å². The summed E-state index contributed by atoms with van der Waals surface area (Å²) in [4.78, 5) is 24.3. The van der Waals surface area contributed by atoms with Crippen molar-refractivity contribution in [3.63, 3.8) is 0 Å². The average Bonchev–Trinajstić information content (AvgIpc) is 2.63. The van der Waals surface area contributed by atoms with Crippen LogP contribution in [0.25, 0.3) is 0 Å². The molecule has 0 bridgehead atoms. The van der Waals surface area contributed by atoms with Gasteiger partial charge < -0.3 is 15.4 Å². The lowest BCUT2D eigenvalue weighted by atomic mass is 10.1. The van der Waals surface area contributed by atoms with Crippen molar-refractivity contribution in [2.24, 2.45) is 0 Å². The average molecular weight is 350 g/mol. The Balaban J connectivity index is 1.93. The molecular weight excluding hydrogens is 328 g/mol. The Morgan fingerprint density at radius 1 is 1.12 bits per heavy atom. The molecule has 2 N–H and O–H groups in total. The van der Waals surface area contributed by atoms with Crippen molar-refractivity contribution in [1.82, 2.24) is 5.32 Å². The normalized spacial score (nSPS) is 9.88. The molecule has 0 aliphatic heterocycles. The molecule has 2 amide bonds. The molecule has 0 aromatic heterocycles. The van der Waals surface area contributed by atoms with Crippen molar-refractivity contribution in [1.29, 1.82) is 0 Å². The van der Waals surface area contributed by atoms with Crippen LogP contribution >= 0.6 is 0 Å². The van der Waals surface area contributed by atoms with Crippen LogP contribution < -0.4 is 15.4 Å². The van der Waals surface area contributed by atoms with E-state index in [-0.39, 0.29) is 31.4 Å². The zero-order valence-corrected chi connectivity index (χ0v) is 15.0. The van der Waals surface area contributed by atoms with Crippen molar-refractivity contribution in [3.05, 3.63) is 59.2 Å². The molecular formula is C21H22N2O3. The number of hydrogen-bond acceptors (Lipinski definition) is 3. The van der Waals surface area contributed by atoms with Gasteiger partial charge in [0.15, 0.2) is 0 Å². The summed E-state index contributed by atoms with van der Waals surface area (Å²) in [5.41, 5.74) is 3.01. The van der Waals surface area contributed by atoms with Gasteiger partial charge in [-0.05, 0) is 43.2 Å². The number of aryl methyl sites for hydroxylation is 1. The number of rotatable bonds is 7. The summed E-state index contributed by atoms with van der Waals surface area (Å²) < 4.78 is 5.69. The van der Waals surface area contributed by atoms with Crippen LogP contribution in [0.15, 0.2) is 42.5 Å². The molecule has 5 heteroatoms. The SMILES string of the molecule is C#CCNC(=O)c1ccccc1NC(=O)CCOc1cccc(C)c1C. The molecule has 134 valence electrons. The highest BCUT2D eigenvalue weighted by atomic mass is 16.5. The molecule has 0 saturated carbocycles. The van der Waals surface area contributed by atoms with Gasteiger partial charge in [-0.15, -0.1) is 6.42 Å². The number of carbonyl (C=O) groups excluding carboxylic acids is 2. The second-order valence-electron chi connectivity index (χ2n) is 5.78. The van der Waals surface area contributed by atoms with Crippen molar-refractivity contribution in [3.8, 4) is 18.1 Å². The van der Waals surface area contributed by atoms with Crippen molar-refractivity contribution in [2.75, 3.05) is 18.5 Å². The third-order valence-corrected chi connectivity index (χ3v) is 3.94. The van der Waals surface area contributed by atoms with Crippen LogP contribution in [0.4, 0.5) is 5.69 Å². The second-order valence-corrected chi connectivity index (χ2v) is 5.78. The summed E-state index contributed by atoms with van der Waals surface area (Å²) in [6.07, 6.45) is 5.32. The third-order valence-electron chi connectivity index (χ3n) is 3.94. The Morgan fingerprint density at radius 3 is 2.65 bits per heavy atom. The van der Waals surface area contributed by atoms with Gasteiger partial charge in [0, 0.05) is 0 Å². The van der Waals surface area contributed by atoms with Crippen LogP contribution in [0.1, 0.15) is 27.9 Å². The molecule has 2 rings (SSSR count). The second kappa shape index (κ2) is 9.28. The van der Waals surface area contributed by atoms with Crippen molar-refractivity contribution >= 4 is 17.5 Å². The van der Waals surface area contributed by atoms with Crippen LogP contribution in [0.2, 0.25) is 0 Å². The summed E-state index contributed by atoms with van der Waals surface area (Å²) in [6, 6.07) is 12.6. The topological polar surface area (TPSA) is 67.4 Å². The number of benzene rings is 2. The minimum Gasteiger partial charge on any atom is -0.493 e. The van der Waals surface area contributed by atoms with E-state index in [1.165, 1.54) is 0 Å². The number of terminal acetylenes is 1. The third kappa shape index (κ3) is 5.12. The highest BCUT2D eigenvalue weighted by Crippen LogP contribution is 2.21. The smallest absolute Gasteiger partial charge is 0.254 e. The van der Waals surface area contributed by atoms with Gasteiger partial charge in [-0.25, -0.2) is 0 Å². The zero-order valence-electron chi connectivity index (χ0n) is 15.0. The van der Waals surface area contributed by atoms with Gasteiger partial charge in [-0.1, -0.05) is 30.2 Å². The monoisotopic (exact) mass is 350 g/mol. The molecule has 0 unspecified atom stereocenters. The van der Waals surface area contributed by atoms with Gasteiger partial charge in [0.2, 0.25) is 5.91 Å². The van der Waals surface area contributed by atoms with E-state index >= 15 is 0 Å². The summed E-state index contributed by atoms with van der Waals surface area (Å²) in [5, 5.41) is 5.34. The standard InChI is InChI=1S/C21H22N2O3/c1-4-13-22-21(25)17-9-5-6-10-18(17)23-20(24)12-14-26-19-11-7-8-15(2)16(19)3/h1,5-11H,12-14H2,2-3H3,(H,22,25)(H,23,24). The highest BCUT2D eigenvalue weighted by molar-refractivity contribution is 6.03. The first-order valence-corrected chi connectivity index (χ1v) is 8.32. The maximum Gasteiger partial charge on any atom is 0.254 e. The van der Waals surface area contributed by atoms with Gasteiger partial charge in [-0.3, -0.25) is 9.59 Å². The molecule has 5 nitrogen and oxygen atoms in total. The maximum atomic E-state index is 12.2. The number of ether oxygens (including phenoxy) is 1. The van der Waals surface area contributed by atoms with Crippen LogP contribution in [0.3, 0.4) is 0 Å². The predicted molar refractivity (Wildman–Crippen MR) is 102 cm³/mol. The van der Waals surface area contributed by atoms with Gasteiger partial charge in [0.1, 0.15) is 5.75 Å². The first-order chi connectivity index (χ1) is 12.5. The van der Waals surface area contributed by atoms with Crippen molar-refractivity contribution < 1.29 is 14.3 Å². The van der Waals surface area contributed by atoms with Crippen molar-refractivity contribution in [2.45, 2.75) is 20.3 Å². The first kappa shape index (κ1) is 19.1. The number of anilines is 1. The van der Waals surface area contributed by atoms with E-state index in [0.29, 0.717) is 11.3 Å². The molecule has 2 aromatic carbocycles. The largest absolute Gasteiger partial charge is 0.493 e. The molecule has 2 aromatic rings. The van der Waals surface area contributed by atoms with Gasteiger partial charge in [0.05, 0.1) is 30.8 Å². The van der Waals surface area contributed by atoms with Crippen LogP contribution in [0, 0.1) is 26.2 Å². The first-order valence-electron chi connectivity index (χ1n) is 8.32. The highest BCUT2D eigenvalue weighted by Gasteiger charge is 2.12. The van der Waals surface area contributed by atoms with Crippen LogP contribution in [-0.2, 0) is 4.79 Å². The number of nitrogens with one attached hydrogen (secondary N) is 2. The maximum absolute atomic E-state index is 12.2. The van der Waals surface area contributed by atoms with E-state index in [1.807, 2.05) is 32.0 Å². The number of amides is 2.